The molecule has 0 unspecified atom stereocenters. The number of fused-ring (bicyclic) bond motifs is 1. The Labute approximate surface area is 137 Å². The maximum absolute atomic E-state index is 13.8. The fourth-order valence-corrected chi connectivity index (χ4v) is 2.52. The van der Waals surface area contributed by atoms with E-state index in [1.807, 2.05) is 18.2 Å². The van der Waals surface area contributed by atoms with Crippen molar-refractivity contribution in [3.8, 4) is 0 Å². The molecule has 2 amide bonds. The van der Waals surface area contributed by atoms with E-state index in [-0.39, 0.29) is 16.2 Å². The number of amides is 2. The number of rotatable bonds is 2. The number of nitrogens with zero attached hydrogens (tertiary/aromatic N) is 2. The predicted molar refractivity (Wildman–Crippen MR) is 87.3 cm³/mol. The molecule has 0 aliphatic carbocycles. The van der Waals surface area contributed by atoms with E-state index in [2.05, 4.69) is 5.32 Å². The Balaban J connectivity index is 1.85. The van der Waals surface area contributed by atoms with Gasteiger partial charge in [0.25, 0.3) is 11.8 Å². The van der Waals surface area contributed by atoms with Gasteiger partial charge in [-0.3, -0.25) is 14.6 Å². The van der Waals surface area contributed by atoms with E-state index in [0.29, 0.717) is 5.69 Å². The maximum Gasteiger partial charge on any atom is 0.283 e. The van der Waals surface area contributed by atoms with Crippen molar-refractivity contribution in [2.45, 2.75) is 0 Å². The number of thiocarbonyl (C=S) groups is 1. The van der Waals surface area contributed by atoms with Crippen LogP contribution in [0.3, 0.4) is 0 Å². The first-order valence-corrected chi connectivity index (χ1v) is 7.18. The Bertz CT molecular complexity index is 810. The van der Waals surface area contributed by atoms with E-state index in [1.165, 1.54) is 24.2 Å². The molecule has 2 aromatic carbocycles. The third-order valence-corrected chi connectivity index (χ3v) is 3.83. The van der Waals surface area contributed by atoms with Crippen molar-refractivity contribution >= 4 is 34.8 Å². The van der Waals surface area contributed by atoms with Gasteiger partial charge < -0.3 is 5.32 Å². The fourth-order valence-electron chi connectivity index (χ4n) is 2.32. The van der Waals surface area contributed by atoms with Crippen LogP contribution in [0.2, 0.25) is 0 Å². The molecule has 3 rings (SSSR count). The molecule has 7 heteroatoms. The van der Waals surface area contributed by atoms with Gasteiger partial charge in [0, 0.05) is 12.7 Å². The largest absolute Gasteiger partial charge is 0.331 e. The highest BCUT2D eigenvalue weighted by molar-refractivity contribution is 7.80. The van der Waals surface area contributed by atoms with Crippen LogP contribution in [-0.2, 0) is 0 Å². The number of hydrogen-bond acceptors (Lipinski definition) is 3. The van der Waals surface area contributed by atoms with Crippen LogP contribution in [0, 0.1) is 5.82 Å². The summed E-state index contributed by atoms with van der Waals surface area (Å²) in [7, 11) is 1.47. The minimum Gasteiger partial charge on any atom is -0.331 e. The zero-order chi connectivity index (χ0) is 16.6. The van der Waals surface area contributed by atoms with E-state index in [1.54, 1.807) is 12.1 Å². The Morgan fingerprint density at radius 1 is 1.09 bits per heavy atom. The molecule has 0 saturated carbocycles. The predicted octanol–water partition coefficient (Wildman–Crippen LogP) is 2.67. The van der Waals surface area contributed by atoms with Gasteiger partial charge in [-0.1, -0.05) is 24.3 Å². The SMILES string of the molecule is CN(C(=S)Nc1ccccc1)N1C(=O)c2cccc(F)c2C1=O. The average Bonchev–Trinajstić information content (AvgIpc) is 2.80. The second-order valence-electron chi connectivity index (χ2n) is 4.90. The summed E-state index contributed by atoms with van der Waals surface area (Å²) < 4.78 is 13.8. The number of imide groups is 1. The Morgan fingerprint density at radius 3 is 2.43 bits per heavy atom. The van der Waals surface area contributed by atoms with E-state index in [4.69, 9.17) is 12.2 Å². The number of benzene rings is 2. The molecule has 0 spiro atoms. The summed E-state index contributed by atoms with van der Waals surface area (Å²) in [5, 5.41) is 5.09. The van der Waals surface area contributed by atoms with Gasteiger partial charge in [0.1, 0.15) is 5.82 Å². The minimum absolute atomic E-state index is 0.0318. The summed E-state index contributed by atoms with van der Waals surface area (Å²) in [4.78, 5) is 24.7. The second kappa shape index (κ2) is 5.77. The van der Waals surface area contributed by atoms with Crippen LogP contribution in [0.4, 0.5) is 10.1 Å². The van der Waals surface area contributed by atoms with Crippen LogP contribution in [0.15, 0.2) is 48.5 Å². The van der Waals surface area contributed by atoms with Gasteiger partial charge in [-0.05, 0) is 36.5 Å². The molecule has 116 valence electrons. The van der Waals surface area contributed by atoms with Crippen LogP contribution >= 0.6 is 12.2 Å². The van der Waals surface area contributed by atoms with Crippen molar-refractivity contribution in [3.05, 3.63) is 65.5 Å². The number of halogens is 1. The topological polar surface area (TPSA) is 52.6 Å². The highest BCUT2D eigenvalue weighted by Gasteiger charge is 2.41. The van der Waals surface area contributed by atoms with E-state index in [0.717, 1.165) is 11.1 Å². The van der Waals surface area contributed by atoms with Gasteiger partial charge in [0.2, 0.25) is 0 Å². The van der Waals surface area contributed by atoms with Crippen molar-refractivity contribution in [2.24, 2.45) is 0 Å². The lowest BCUT2D eigenvalue weighted by Gasteiger charge is -2.28. The minimum atomic E-state index is -0.734. The first-order valence-electron chi connectivity index (χ1n) is 6.77. The molecule has 0 fully saturated rings. The first-order chi connectivity index (χ1) is 11.0. The van der Waals surface area contributed by atoms with Gasteiger partial charge in [0.15, 0.2) is 5.11 Å². The molecule has 1 aliphatic rings. The van der Waals surface area contributed by atoms with Crippen molar-refractivity contribution in [3.63, 3.8) is 0 Å². The molecule has 0 saturated heterocycles. The molecule has 0 aromatic heterocycles. The number of carbonyl (C=O) groups excluding carboxylic acids is 2. The number of anilines is 1. The lowest BCUT2D eigenvalue weighted by atomic mass is 10.1. The zero-order valence-electron chi connectivity index (χ0n) is 12.1. The van der Waals surface area contributed by atoms with Gasteiger partial charge in [-0.25, -0.2) is 4.39 Å². The molecule has 1 N–H and O–H groups in total. The summed E-state index contributed by atoms with van der Waals surface area (Å²) in [5.41, 5.74) is 0.517. The highest BCUT2D eigenvalue weighted by Crippen LogP contribution is 2.26. The third-order valence-electron chi connectivity index (χ3n) is 3.46. The lowest BCUT2D eigenvalue weighted by molar-refractivity contribution is 0.0365. The summed E-state index contributed by atoms with van der Waals surface area (Å²) in [5.74, 6) is -2.06. The summed E-state index contributed by atoms with van der Waals surface area (Å²) in [6, 6.07) is 13.0. The van der Waals surface area contributed by atoms with Gasteiger partial charge in [-0.15, -0.1) is 0 Å². The van der Waals surface area contributed by atoms with Crippen molar-refractivity contribution in [1.82, 2.24) is 10.0 Å². The first kappa shape index (κ1) is 15.1. The van der Waals surface area contributed by atoms with E-state index >= 15 is 0 Å². The zero-order valence-corrected chi connectivity index (χ0v) is 12.9. The molecule has 0 radical (unpaired) electrons. The van der Waals surface area contributed by atoms with Crippen LogP contribution < -0.4 is 5.32 Å². The number of nitrogens with one attached hydrogen (secondary N) is 1. The molecule has 23 heavy (non-hydrogen) atoms. The smallest absolute Gasteiger partial charge is 0.283 e. The molecular weight excluding hydrogens is 317 g/mol. The Kier molecular flexibility index (Phi) is 3.79. The standard InChI is InChI=1S/C16H12FN3O2S/c1-19(16(23)18-10-6-3-2-4-7-10)20-14(21)11-8-5-9-12(17)13(11)15(20)22/h2-9H,1H3,(H,18,23). The molecule has 5 nitrogen and oxygen atoms in total. The normalized spacial score (nSPS) is 13.0. The number of carbonyl (C=O) groups is 2. The van der Waals surface area contributed by atoms with Crippen molar-refractivity contribution in [1.29, 1.82) is 0 Å². The number of para-hydroxylation sites is 1. The molecule has 0 atom stereocenters. The fraction of sp³-hybridized carbons (Fsp3) is 0.0625. The van der Waals surface area contributed by atoms with Crippen LogP contribution in [0.1, 0.15) is 20.7 Å². The molecule has 0 bridgehead atoms. The molecule has 1 aliphatic heterocycles. The van der Waals surface area contributed by atoms with Crippen molar-refractivity contribution < 1.29 is 14.0 Å². The average molecular weight is 329 g/mol. The van der Waals surface area contributed by atoms with E-state index in [9.17, 15) is 14.0 Å². The monoisotopic (exact) mass is 329 g/mol. The van der Waals surface area contributed by atoms with E-state index < -0.39 is 17.6 Å². The van der Waals surface area contributed by atoms with Crippen LogP contribution in [0.5, 0.6) is 0 Å². The number of hydrazine groups is 1. The third kappa shape index (κ3) is 2.55. The lowest BCUT2D eigenvalue weighted by Crippen LogP contribution is -2.48. The van der Waals surface area contributed by atoms with Crippen molar-refractivity contribution in [2.75, 3.05) is 12.4 Å². The van der Waals surface area contributed by atoms with Crippen LogP contribution in [0.25, 0.3) is 0 Å². The molecule has 1 heterocycles. The van der Waals surface area contributed by atoms with Crippen LogP contribution in [-0.4, -0.2) is 34.0 Å². The van der Waals surface area contributed by atoms with Gasteiger partial charge in [0.05, 0.1) is 11.1 Å². The number of hydrogen-bond donors (Lipinski definition) is 1. The quantitative estimate of drug-likeness (QED) is 0.678. The molecule has 2 aromatic rings. The molecular formula is C16H12FN3O2S. The Morgan fingerprint density at radius 2 is 1.78 bits per heavy atom. The highest BCUT2D eigenvalue weighted by atomic mass is 32.1. The summed E-state index contributed by atoms with van der Waals surface area (Å²) in [6.07, 6.45) is 0. The second-order valence-corrected chi connectivity index (χ2v) is 5.29. The summed E-state index contributed by atoms with van der Waals surface area (Å²) in [6.45, 7) is 0. The maximum atomic E-state index is 13.8. The summed E-state index contributed by atoms with van der Waals surface area (Å²) >= 11 is 5.22. The van der Waals surface area contributed by atoms with Gasteiger partial charge >= 0.3 is 0 Å². The van der Waals surface area contributed by atoms with Gasteiger partial charge in [-0.2, -0.15) is 5.01 Å². The Hall–Kier alpha value is -2.80.